The summed E-state index contributed by atoms with van der Waals surface area (Å²) in [6, 6.07) is 6.76. The van der Waals surface area contributed by atoms with Crippen LogP contribution in [-0.2, 0) is 16.0 Å². The monoisotopic (exact) mass is 400 g/mol. The van der Waals surface area contributed by atoms with Crippen LogP contribution in [0.2, 0.25) is 0 Å². The molecule has 0 radical (unpaired) electrons. The van der Waals surface area contributed by atoms with E-state index in [4.69, 9.17) is 9.15 Å². The van der Waals surface area contributed by atoms with E-state index in [9.17, 15) is 14.4 Å². The average Bonchev–Trinajstić information content (AvgIpc) is 2.75. The molecule has 1 heterocycles. The molecule has 3 rings (SSSR count). The van der Waals surface area contributed by atoms with E-state index < -0.39 is 5.63 Å². The van der Waals surface area contributed by atoms with Gasteiger partial charge in [0.15, 0.2) is 6.61 Å². The minimum absolute atomic E-state index is 0.0939. The first kappa shape index (κ1) is 20.9. The summed E-state index contributed by atoms with van der Waals surface area (Å²) in [6.45, 7) is 2.47. The van der Waals surface area contributed by atoms with Crippen LogP contribution in [0.3, 0.4) is 0 Å². The van der Waals surface area contributed by atoms with Crippen LogP contribution < -0.4 is 21.0 Å². The smallest absolute Gasteiger partial charge is 0.336 e. The Kier molecular flexibility index (Phi) is 6.90. The molecule has 0 atom stereocenters. The predicted molar refractivity (Wildman–Crippen MR) is 110 cm³/mol. The molecule has 1 saturated carbocycles. The van der Waals surface area contributed by atoms with Crippen LogP contribution in [0.4, 0.5) is 0 Å². The summed E-state index contributed by atoms with van der Waals surface area (Å²) in [5.74, 6) is 0.884. The first-order chi connectivity index (χ1) is 14.0. The fraction of sp³-hybridized carbons (Fsp3) is 0.500. The third kappa shape index (κ3) is 5.37. The molecule has 0 bridgehead atoms. The second kappa shape index (κ2) is 9.58. The van der Waals surface area contributed by atoms with E-state index in [-0.39, 0.29) is 24.3 Å². The first-order valence-corrected chi connectivity index (χ1v) is 10.2. The predicted octanol–water partition coefficient (Wildman–Crippen LogP) is 2.40. The molecule has 0 aliphatic heterocycles. The highest BCUT2D eigenvalue weighted by molar-refractivity contribution is 5.82. The lowest BCUT2D eigenvalue weighted by molar-refractivity contribution is -0.126. The van der Waals surface area contributed by atoms with E-state index in [0.717, 1.165) is 43.1 Å². The maximum Gasteiger partial charge on any atom is 0.336 e. The standard InChI is InChI=1S/C22H28N2O5/c1-3-15-10-21(26)29-19-11-17(8-9-18(15)19)28-13-20(25)24-12-14-4-6-16(7-5-14)22(27)23-2/h8-11,14,16H,3-7,12-13H2,1-2H3,(H,23,27)(H,24,25). The summed E-state index contributed by atoms with van der Waals surface area (Å²) in [5.41, 5.74) is 0.988. The van der Waals surface area contributed by atoms with Gasteiger partial charge in [-0.2, -0.15) is 0 Å². The summed E-state index contributed by atoms with van der Waals surface area (Å²) in [7, 11) is 1.67. The van der Waals surface area contributed by atoms with E-state index in [2.05, 4.69) is 10.6 Å². The minimum atomic E-state index is -0.393. The largest absolute Gasteiger partial charge is 0.484 e. The summed E-state index contributed by atoms with van der Waals surface area (Å²) >= 11 is 0. The topological polar surface area (TPSA) is 97.6 Å². The van der Waals surface area contributed by atoms with E-state index in [1.165, 1.54) is 6.07 Å². The van der Waals surface area contributed by atoms with Crippen LogP contribution >= 0.6 is 0 Å². The number of hydrogen-bond donors (Lipinski definition) is 2. The molecule has 2 amide bonds. The molecule has 1 fully saturated rings. The molecule has 156 valence electrons. The first-order valence-electron chi connectivity index (χ1n) is 10.2. The number of rotatable bonds is 7. The van der Waals surface area contributed by atoms with Crippen molar-refractivity contribution in [1.29, 1.82) is 0 Å². The Labute approximate surface area is 169 Å². The molecule has 0 unspecified atom stereocenters. The molecule has 2 N–H and O–H groups in total. The van der Waals surface area contributed by atoms with Crippen molar-refractivity contribution < 1.29 is 18.7 Å². The third-order valence-corrected chi connectivity index (χ3v) is 5.60. The van der Waals surface area contributed by atoms with Gasteiger partial charge in [-0.05, 0) is 55.7 Å². The van der Waals surface area contributed by atoms with E-state index >= 15 is 0 Å². The molecule has 1 aromatic carbocycles. The van der Waals surface area contributed by atoms with Crippen molar-refractivity contribution in [3.05, 3.63) is 40.2 Å². The Morgan fingerprint density at radius 3 is 2.62 bits per heavy atom. The zero-order valence-electron chi connectivity index (χ0n) is 17.0. The molecule has 0 saturated heterocycles. The molecule has 1 aromatic heterocycles. The van der Waals surface area contributed by atoms with Gasteiger partial charge in [0.2, 0.25) is 5.91 Å². The van der Waals surface area contributed by atoms with Crippen LogP contribution in [0.15, 0.2) is 33.5 Å². The molecular weight excluding hydrogens is 372 g/mol. The lowest BCUT2D eigenvalue weighted by Gasteiger charge is -2.27. The van der Waals surface area contributed by atoms with Crippen LogP contribution in [0.5, 0.6) is 5.75 Å². The third-order valence-electron chi connectivity index (χ3n) is 5.60. The summed E-state index contributed by atoms with van der Waals surface area (Å²) < 4.78 is 10.8. The van der Waals surface area contributed by atoms with Crippen molar-refractivity contribution >= 4 is 22.8 Å². The summed E-state index contributed by atoms with van der Waals surface area (Å²) in [6.07, 6.45) is 4.32. The minimum Gasteiger partial charge on any atom is -0.484 e. The van der Waals surface area contributed by atoms with Gasteiger partial charge >= 0.3 is 5.63 Å². The van der Waals surface area contributed by atoms with Gasteiger partial charge in [0.1, 0.15) is 11.3 Å². The van der Waals surface area contributed by atoms with Crippen LogP contribution in [0.1, 0.15) is 38.2 Å². The van der Waals surface area contributed by atoms with Crippen molar-refractivity contribution in [1.82, 2.24) is 10.6 Å². The lowest BCUT2D eigenvalue weighted by atomic mass is 9.81. The molecule has 1 aliphatic carbocycles. The van der Waals surface area contributed by atoms with Crippen molar-refractivity contribution in [3.8, 4) is 5.75 Å². The highest BCUT2D eigenvalue weighted by Crippen LogP contribution is 2.28. The highest BCUT2D eigenvalue weighted by atomic mass is 16.5. The lowest BCUT2D eigenvalue weighted by Crippen LogP contribution is -2.36. The van der Waals surface area contributed by atoms with Gasteiger partial charge in [0.25, 0.3) is 5.91 Å². The van der Waals surface area contributed by atoms with Gasteiger partial charge < -0.3 is 19.8 Å². The Morgan fingerprint density at radius 1 is 1.17 bits per heavy atom. The van der Waals surface area contributed by atoms with Crippen molar-refractivity contribution in [2.75, 3.05) is 20.2 Å². The zero-order chi connectivity index (χ0) is 20.8. The van der Waals surface area contributed by atoms with Gasteiger partial charge in [0.05, 0.1) is 0 Å². The van der Waals surface area contributed by atoms with Gasteiger partial charge in [0, 0.05) is 37.0 Å². The van der Waals surface area contributed by atoms with Crippen molar-refractivity contribution in [3.63, 3.8) is 0 Å². The summed E-state index contributed by atoms with van der Waals surface area (Å²) in [4.78, 5) is 35.5. The molecule has 0 spiro atoms. The number of aryl methyl sites for hydroxylation is 1. The number of amides is 2. The number of hydrogen-bond acceptors (Lipinski definition) is 5. The molecule has 7 nitrogen and oxygen atoms in total. The Bertz CT molecular complexity index is 928. The molecule has 1 aliphatic rings. The number of carbonyl (C=O) groups excluding carboxylic acids is 2. The van der Waals surface area contributed by atoms with Gasteiger partial charge in [-0.15, -0.1) is 0 Å². The number of benzene rings is 1. The number of nitrogens with one attached hydrogen (secondary N) is 2. The van der Waals surface area contributed by atoms with Crippen LogP contribution in [-0.4, -0.2) is 32.0 Å². The highest BCUT2D eigenvalue weighted by Gasteiger charge is 2.25. The van der Waals surface area contributed by atoms with E-state index in [1.807, 2.05) is 13.0 Å². The van der Waals surface area contributed by atoms with Crippen molar-refractivity contribution in [2.45, 2.75) is 39.0 Å². The molecule has 7 heteroatoms. The maximum absolute atomic E-state index is 12.1. The quantitative estimate of drug-likeness (QED) is 0.696. The van der Waals surface area contributed by atoms with Crippen LogP contribution in [0.25, 0.3) is 11.0 Å². The second-order valence-electron chi connectivity index (χ2n) is 7.53. The molecular formula is C22H28N2O5. The Morgan fingerprint density at radius 2 is 1.93 bits per heavy atom. The molecule has 29 heavy (non-hydrogen) atoms. The fourth-order valence-corrected chi connectivity index (χ4v) is 3.88. The van der Waals surface area contributed by atoms with Gasteiger partial charge in [-0.25, -0.2) is 4.79 Å². The van der Waals surface area contributed by atoms with Gasteiger partial charge in [-0.1, -0.05) is 6.92 Å². The Balaban J connectivity index is 1.47. The maximum atomic E-state index is 12.1. The number of ether oxygens (including phenoxy) is 1. The van der Waals surface area contributed by atoms with E-state index in [1.54, 1.807) is 19.2 Å². The Hall–Kier alpha value is -2.83. The van der Waals surface area contributed by atoms with Gasteiger partial charge in [-0.3, -0.25) is 9.59 Å². The van der Waals surface area contributed by atoms with E-state index in [0.29, 0.717) is 23.8 Å². The van der Waals surface area contributed by atoms with Crippen molar-refractivity contribution in [2.24, 2.45) is 11.8 Å². The SMILES string of the molecule is CCc1cc(=O)oc2cc(OCC(=O)NCC3CCC(C(=O)NC)CC3)ccc12. The fourth-order valence-electron chi connectivity index (χ4n) is 3.88. The number of carbonyl (C=O) groups is 2. The zero-order valence-corrected chi connectivity index (χ0v) is 17.0. The van der Waals surface area contributed by atoms with Crippen LogP contribution in [0, 0.1) is 11.8 Å². The summed E-state index contributed by atoms with van der Waals surface area (Å²) in [5, 5.41) is 6.48. The second-order valence-corrected chi connectivity index (χ2v) is 7.53. The molecule has 2 aromatic rings. The number of fused-ring (bicyclic) bond motifs is 1. The normalized spacial score (nSPS) is 19.0. The average molecular weight is 400 g/mol.